The van der Waals surface area contributed by atoms with Crippen molar-refractivity contribution in [1.29, 1.82) is 0 Å². The molecule has 98 valence electrons. The van der Waals surface area contributed by atoms with Crippen LogP contribution in [0, 0.1) is 0 Å². The zero-order valence-corrected chi connectivity index (χ0v) is 11.2. The van der Waals surface area contributed by atoms with Crippen molar-refractivity contribution >= 4 is 5.97 Å². The summed E-state index contributed by atoms with van der Waals surface area (Å²) < 4.78 is 4.93. The average molecular weight is 240 g/mol. The Morgan fingerprint density at radius 3 is 2.53 bits per heavy atom. The second-order valence-corrected chi connectivity index (χ2v) is 4.87. The number of nitrogens with zero attached hydrogens (tertiary/aromatic N) is 1. The molecule has 17 heavy (non-hydrogen) atoms. The Kier molecular flexibility index (Phi) is 5.15. The lowest BCUT2D eigenvalue weighted by atomic mass is 9.87. The van der Waals surface area contributed by atoms with E-state index in [1.165, 1.54) is 7.11 Å². The van der Waals surface area contributed by atoms with Crippen LogP contribution in [0.1, 0.15) is 26.7 Å². The number of hydrogen-bond donors (Lipinski definition) is 1. The zero-order chi connectivity index (χ0) is 12.9. The molecule has 0 spiro atoms. The van der Waals surface area contributed by atoms with E-state index in [-0.39, 0.29) is 5.97 Å². The third kappa shape index (κ3) is 3.30. The fourth-order valence-electron chi connectivity index (χ4n) is 2.34. The summed E-state index contributed by atoms with van der Waals surface area (Å²) in [6.45, 7) is 10.5. The highest BCUT2D eigenvalue weighted by atomic mass is 16.5. The van der Waals surface area contributed by atoms with Gasteiger partial charge in [0.1, 0.15) is 5.54 Å². The molecule has 1 rings (SSSR count). The van der Waals surface area contributed by atoms with Crippen molar-refractivity contribution < 1.29 is 9.53 Å². The van der Waals surface area contributed by atoms with E-state index in [9.17, 15) is 4.79 Å². The number of methoxy groups -OCH3 is 1. The third-order valence-corrected chi connectivity index (χ3v) is 3.54. The third-order valence-electron chi connectivity index (χ3n) is 3.54. The molecule has 1 heterocycles. The topological polar surface area (TPSA) is 41.6 Å². The first-order valence-corrected chi connectivity index (χ1v) is 6.24. The van der Waals surface area contributed by atoms with Crippen molar-refractivity contribution in [2.75, 3.05) is 26.7 Å². The molecule has 0 aromatic heterocycles. The molecule has 1 fully saturated rings. The summed E-state index contributed by atoms with van der Waals surface area (Å²) in [5.41, 5.74) is -0.520. The van der Waals surface area contributed by atoms with Crippen molar-refractivity contribution in [1.82, 2.24) is 10.2 Å². The van der Waals surface area contributed by atoms with Crippen LogP contribution in [-0.4, -0.2) is 49.2 Å². The van der Waals surface area contributed by atoms with Crippen LogP contribution in [0.4, 0.5) is 0 Å². The van der Waals surface area contributed by atoms with Crippen LogP contribution in [0.3, 0.4) is 0 Å². The number of hydrogen-bond acceptors (Lipinski definition) is 4. The molecule has 0 saturated carbocycles. The highest BCUT2D eigenvalue weighted by Gasteiger charge is 2.42. The molecule has 4 heteroatoms. The lowest BCUT2D eigenvalue weighted by Gasteiger charge is -2.41. The van der Waals surface area contributed by atoms with Crippen molar-refractivity contribution in [2.45, 2.75) is 38.3 Å². The first kappa shape index (κ1) is 14.2. The van der Waals surface area contributed by atoms with Crippen molar-refractivity contribution in [2.24, 2.45) is 0 Å². The highest BCUT2D eigenvalue weighted by Crippen LogP contribution is 2.24. The van der Waals surface area contributed by atoms with Crippen molar-refractivity contribution in [3.8, 4) is 0 Å². The smallest absolute Gasteiger partial charge is 0.326 e. The van der Waals surface area contributed by atoms with Gasteiger partial charge in [0.25, 0.3) is 0 Å². The fraction of sp³-hybridized carbons (Fsp3) is 0.769. The predicted octanol–water partition coefficient (Wildman–Crippen LogP) is 1.18. The van der Waals surface area contributed by atoms with E-state index < -0.39 is 5.54 Å². The van der Waals surface area contributed by atoms with E-state index in [1.807, 2.05) is 0 Å². The summed E-state index contributed by atoms with van der Waals surface area (Å²) >= 11 is 0. The second kappa shape index (κ2) is 6.17. The van der Waals surface area contributed by atoms with Crippen molar-refractivity contribution in [3.63, 3.8) is 0 Å². The lowest BCUT2D eigenvalue weighted by Crippen LogP contribution is -2.59. The first-order chi connectivity index (χ1) is 8.05. The number of rotatable bonds is 5. The summed E-state index contributed by atoms with van der Waals surface area (Å²) in [6.07, 6.45) is 3.37. The van der Waals surface area contributed by atoms with Gasteiger partial charge in [-0.3, -0.25) is 10.1 Å². The fourth-order valence-corrected chi connectivity index (χ4v) is 2.34. The molecule has 0 bridgehead atoms. The number of ether oxygens (including phenoxy) is 1. The van der Waals surface area contributed by atoms with Crippen LogP contribution in [0.15, 0.2) is 12.7 Å². The highest BCUT2D eigenvalue weighted by molar-refractivity contribution is 5.81. The van der Waals surface area contributed by atoms with E-state index in [0.29, 0.717) is 12.6 Å². The van der Waals surface area contributed by atoms with Crippen LogP contribution < -0.4 is 5.32 Å². The molecule has 0 amide bonds. The summed E-state index contributed by atoms with van der Waals surface area (Å²) in [6, 6.07) is 0.532. The number of nitrogens with one attached hydrogen (secondary N) is 1. The van der Waals surface area contributed by atoms with Gasteiger partial charge in [0.15, 0.2) is 0 Å². The first-order valence-electron chi connectivity index (χ1n) is 6.24. The molecule has 0 unspecified atom stereocenters. The number of esters is 1. The largest absolute Gasteiger partial charge is 0.468 e. The maximum Gasteiger partial charge on any atom is 0.326 e. The van der Waals surface area contributed by atoms with Gasteiger partial charge in [0.2, 0.25) is 0 Å². The Balaban J connectivity index is 2.68. The Labute approximate surface area is 104 Å². The zero-order valence-electron chi connectivity index (χ0n) is 11.2. The second-order valence-electron chi connectivity index (χ2n) is 4.87. The number of piperidine rings is 1. The SMILES string of the molecule is C=CCNC1(C(=O)OC)CCN(C(C)C)CC1. The van der Waals surface area contributed by atoms with Gasteiger partial charge in [-0.1, -0.05) is 6.08 Å². The summed E-state index contributed by atoms with van der Waals surface area (Å²) in [5.74, 6) is -0.150. The lowest BCUT2D eigenvalue weighted by molar-refractivity contribution is -0.151. The maximum atomic E-state index is 11.9. The van der Waals surface area contributed by atoms with Crippen LogP contribution >= 0.6 is 0 Å². The maximum absolute atomic E-state index is 11.9. The van der Waals surface area contributed by atoms with Crippen LogP contribution in [0.2, 0.25) is 0 Å². The minimum Gasteiger partial charge on any atom is -0.468 e. The van der Waals surface area contributed by atoms with Gasteiger partial charge in [-0.05, 0) is 26.7 Å². The molecule has 0 aromatic carbocycles. The number of likely N-dealkylation sites (tertiary alicyclic amines) is 1. The van der Waals surface area contributed by atoms with E-state index in [2.05, 4.69) is 30.6 Å². The quantitative estimate of drug-likeness (QED) is 0.579. The van der Waals surface area contributed by atoms with Gasteiger partial charge < -0.3 is 9.64 Å². The Morgan fingerprint density at radius 1 is 1.53 bits per heavy atom. The molecular formula is C13H24N2O2. The molecule has 1 saturated heterocycles. The Bertz CT molecular complexity index is 269. The minimum absolute atomic E-state index is 0.150. The van der Waals surface area contributed by atoms with E-state index >= 15 is 0 Å². The normalized spacial score (nSPS) is 20.2. The van der Waals surface area contributed by atoms with Gasteiger partial charge in [0.05, 0.1) is 7.11 Å². The molecule has 0 atom stereocenters. The summed E-state index contributed by atoms with van der Waals surface area (Å²) in [4.78, 5) is 14.3. The monoisotopic (exact) mass is 240 g/mol. The van der Waals surface area contributed by atoms with Crippen LogP contribution in [0.25, 0.3) is 0 Å². The average Bonchev–Trinajstić information content (AvgIpc) is 2.35. The van der Waals surface area contributed by atoms with Gasteiger partial charge in [0, 0.05) is 25.7 Å². The summed E-state index contributed by atoms with van der Waals surface area (Å²) in [7, 11) is 1.45. The standard InChI is InChI=1S/C13H24N2O2/c1-5-8-14-13(12(16)17-4)6-9-15(10-7-13)11(2)3/h5,11,14H,1,6-10H2,2-4H3. The Morgan fingerprint density at radius 2 is 2.12 bits per heavy atom. The van der Waals surface area contributed by atoms with E-state index in [4.69, 9.17) is 4.74 Å². The van der Waals surface area contributed by atoms with Gasteiger partial charge in [-0.15, -0.1) is 6.58 Å². The molecule has 1 aliphatic heterocycles. The molecule has 1 N–H and O–H groups in total. The number of carbonyl (C=O) groups excluding carboxylic acids is 1. The Hall–Kier alpha value is -0.870. The minimum atomic E-state index is -0.520. The molecule has 0 aliphatic carbocycles. The molecule has 0 radical (unpaired) electrons. The van der Waals surface area contributed by atoms with Gasteiger partial charge >= 0.3 is 5.97 Å². The van der Waals surface area contributed by atoms with E-state index in [1.54, 1.807) is 6.08 Å². The molecule has 0 aromatic rings. The molecule has 4 nitrogen and oxygen atoms in total. The van der Waals surface area contributed by atoms with Gasteiger partial charge in [-0.2, -0.15) is 0 Å². The van der Waals surface area contributed by atoms with Crippen molar-refractivity contribution in [3.05, 3.63) is 12.7 Å². The molecular weight excluding hydrogens is 216 g/mol. The van der Waals surface area contributed by atoms with Crippen LogP contribution in [-0.2, 0) is 9.53 Å². The predicted molar refractivity (Wildman–Crippen MR) is 68.9 cm³/mol. The number of carbonyl (C=O) groups is 1. The van der Waals surface area contributed by atoms with Gasteiger partial charge in [-0.25, -0.2) is 0 Å². The molecule has 1 aliphatic rings. The van der Waals surface area contributed by atoms with Crippen LogP contribution in [0.5, 0.6) is 0 Å². The summed E-state index contributed by atoms with van der Waals surface area (Å²) in [5, 5.41) is 3.28. The van der Waals surface area contributed by atoms with E-state index in [0.717, 1.165) is 25.9 Å².